The number of amidine groups is 1. The van der Waals surface area contributed by atoms with E-state index < -0.39 is 9.84 Å². The van der Waals surface area contributed by atoms with Gasteiger partial charge in [-0.25, -0.2) is 8.42 Å². The summed E-state index contributed by atoms with van der Waals surface area (Å²) >= 11 is 0. The lowest BCUT2D eigenvalue weighted by Gasteiger charge is -2.23. The molecule has 1 atom stereocenters. The van der Waals surface area contributed by atoms with E-state index in [0.717, 1.165) is 0 Å². The van der Waals surface area contributed by atoms with E-state index in [0.29, 0.717) is 18.7 Å². The Morgan fingerprint density at radius 3 is 2.71 bits per heavy atom. The van der Waals surface area contributed by atoms with E-state index in [4.69, 9.17) is 15.9 Å². The number of nitrogens with one attached hydrogen (secondary N) is 1. The number of nitrogens with zero attached hydrogens (tertiary/aromatic N) is 1. The van der Waals surface area contributed by atoms with Crippen molar-refractivity contribution in [2.45, 2.75) is 17.9 Å². The fourth-order valence-electron chi connectivity index (χ4n) is 1.83. The molecule has 1 aromatic rings. The van der Waals surface area contributed by atoms with Gasteiger partial charge in [-0.15, -0.1) is 0 Å². The Labute approximate surface area is 126 Å². The summed E-state index contributed by atoms with van der Waals surface area (Å²) < 4.78 is 29.7. The maximum absolute atomic E-state index is 12.3. The van der Waals surface area contributed by atoms with Crippen molar-refractivity contribution < 1.29 is 13.2 Å². The lowest BCUT2D eigenvalue weighted by molar-refractivity contribution is 0.119. The average Bonchev–Trinajstić information content (AvgIpc) is 2.45. The summed E-state index contributed by atoms with van der Waals surface area (Å²) in [6, 6.07) is 6.33. The molecule has 0 amide bonds. The number of likely N-dealkylation sites (N-methyl/N-ethyl adjacent to an activating group) is 1. The molecule has 1 unspecified atom stereocenters. The molecule has 7 heteroatoms. The molecule has 0 saturated heterocycles. The predicted octanol–water partition coefficient (Wildman–Crippen LogP) is 0.711. The molecule has 21 heavy (non-hydrogen) atoms. The maximum Gasteiger partial charge on any atom is 0.179 e. The molecule has 6 nitrogen and oxygen atoms in total. The highest BCUT2D eigenvalue weighted by Crippen LogP contribution is 2.13. The smallest absolute Gasteiger partial charge is 0.179 e. The lowest BCUT2D eigenvalue weighted by Crippen LogP contribution is -2.36. The Balaban J connectivity index is 2.78. The molecule has 0 aliphatic heterocycles. The van der Waals surface area contributed by atoms with Crippen LogP contribution in [-0.2, 0) is 14.6 Å². The summed E-state index contributed by atoms with van der Waals surface area (Å²) in [5.74, 6) is -0.128. The van der Waals surface area contributed by atoms with Crippen LogP contribution in [0.3, 0.4) is 0 Å². The van der Waals surface area contributed by atoms with Gasteiger partial charge in [0.2, 0.25) is 0 Å². The third-order valence-corrected chi connectivity index (χ3v) is 5.07. The van der Waals surface area contributed by atoms with Gasteiger partial charge < -0.3 is 15.4 Å². The van der Waals surface area contributed by atoms with Crippen LogP contribution >= 0.6 is 0 Å². The number of ether oxygens (including phenoxy) is 1. The van der Waals surface area contributed by atoms with E-state index in [1.165, 1.54) is 12.1 Å². The van der Waals surface area contributed by atoms with Gasteiger partial charge in [0.05, 0.1) is 17.3 Å². The molecule has 0 heterocycles. The minimum absolute atomic E-state index is 0.0128. The van der Waals surface area contributed by atoms with Gasteiger partial charge in [0.25, 0.3) is 0 Å². The Morgan fingerprint density at radius 2 is 2.14 bits per heavy atom. The molecule has 0 bridgehead atoms. The van der Waals surface area contributed by atoms with Crippen LogP contribution in [-0.4, -0.2) is 58.3 Å². The normalized spacial score (nSPS) is 13.3. The van der Waals surface area contributed by atoms with Gasteiger partial charge in [-0.1, -0.05) is 12.1 Å². The number of methoxy groups -OCH3 is 1. The molecule has 0 aliphatic rings. The third kappa shape index (κ3) is 5.11. The Bertz CT molecular complexity index is 587. The largest absolute Gasteiger partial charge is 0.384 e. The number of hydrogen-bond acceptors (Lipinski definition) is 5. The second-order valence-corrected chi connectivity index (χ2v) is 7.15. The molecule has 1 aromatic carbocycles. The van der Waals surface area contributed by atoms with Crippen LogP contribution in [0, 0.1) is 5.41 Å². The zero-order valence-corrected chi connectivity index (χ0v) is 13.5. The van der Waals surface area contributed by atoms with E-state index in [2.05, 4.69) is 0 Å². The molecule has 0 spiro atoms. The Hall–Kier alpha value is -1.44. The number of sulfone groups is 1. The molecule has 118 valence electrons. The summed E-state index contributed by atoms with van der Waals surface area (Å²) in [7, 11) is 0.0911. The van der Waals surface area contributed by atoms with Crippen LogP contribution in [0.15, 0.2) is 29.2 Å². The zero-order chi connectivity index (χ0) is 16.0. The van der Waals surface area contributed by atoms with E-state index in [1.807, 2.05) is 18.9 Å². The Morgan fingerprint density at radius 1 is 1.48 bits per heavy atom. The van der Waals surface area contributed by atoms with E-state index >= 15 is 0 Å². The second-order valence-electron chi connectivity index (χ2n) is 5.05. The second kappa shape index (κ2) is 7.53. The van der Waals surface area contributed by atoms with Crippen LogP contribution in [0.2, 0.25) is 0 Å². The average molecular weight is 313 g/mol. The number of nitrogens with two attached hydrogens (primary N) is 1. The first-order valence-corrected chi connectivity index (χ1v) is 8.29. The predicted molar refractivity (Wildman–Crippen MR) is 83.5 cm³/mol. The fraction of sp³-hybridized carbons (Fsp3) is 0.500. The van der Waals surface area contributed by atoms with Crippen LogP contribution in [0.25, 0.3) is 0 Å². The zero-order valence-electron chi connectivity index (χ0n) is 12.7. The minimum Gasteiger partial charge on any atom is -0.384 e. The van der Waals surface area contributed by atoms with Crippen LogP contribution in [0.1, 0.15) is 12.5 Å². The summed E-state index contributed by atoms with van der Waals surface area (Å²) in [4.78, 5) is 2.14. The molecule has 0 fully saturated rings. The number of rotatable bonds is 8. The maximum atomic E-state index is 12.3. The van der Waals surface area contributed by atoms with Gasteiger partial charge in [0.1, 0.15) is 5.84 Å². The van der Waals surface area contributed by atoms with Gasteiger partial charge in [0.15, 0.2) is 9.84 Å². The van der Waals surface area contributed by atoms with Crippen molar-refractivity contribution in [3.63, 3.8) is 0 Å². The molecule has 0 saturated carbocycles. The van der Waals surface area contributed by atoms with Crippen molar-refractivity contribution in [3.05, 3.63) is 29.8 Å². The van der Waals surface area contributed by atoms with E-state index in [1.54, 1.807) is 19.2 Å². The van der Waals surface area contributed by atoms with Crippen LogP contribution < -0.4 is 5.73 Å². The van der Waals surface area contributed by atoms with Crippen molar-refractivity contribution in [1.29, 1.82) is 5.41 Å². The fourth-order valence-corrected chi connectivity index (χ4v) is 3.18. The van der Waals surface area contributed by atoms with Crippen molar-refractivity contribution in [2.24, 2.45) is 5.73 Å². The van der Waals surface area contributed by atoms with Gasteiger partial charge in [-0.2, -0.15) is 0 Å². The highest BCUT2D eigenvalue weighted by atomic mass is 32.2. The number of nitrogen functional groups attached to an aromatic ring is 1. The molecule has 1 rings (SSSR count). The SMILES string of the molecule is COCC(C)N(C)CCS(=O)(=O)c1cccc(C(=N)N)c1. The molecule has 3 N–H and O–H groups in total. The first-order valence-electron chi connectivity index (χ1n) is 6.64. The Kier molecular flexibility index (Phi) is 6.32. The topological polar surface area (TPSA) is 96.5 Å². The quantitative estimate of drug-likeness (QED) is 0.544. The molecular formula is C14H23N3O3S. The van der Waals surface area contributed by atoms with E-state index in [9.17, 15) is 8.42 Å². The summed E-state index contributed by atoms with van der Waals surface area (Å²) in [5.41, 5.74) is 5.80. The third-order valence-electron chi connectivity index (χ3n) is 3.38. The van der Waals surface area contributed by atoms with Gasteiger partial charge in [0, 0.05) is 25.3 Å². The standard InChI is InChI=1S/C14H23N3O3S/c1-11(10-20-3)17(2)7-8-21(18,19)13-6-4-5-12(9-13)14(15)16/h4-6,9,11H,7-8,10H2,1-3H3,(H3,15,16). The first kappa shape index (κ1) is 17.6. The lowest BCUT2D eigenvalue weighted by atomic mass is 10.2. The van der Waals surface area contributed by atoms with Gasteiger partial charge in [-0.3, -0.25) is 5.41 Å². The van der Waals surface area contributed by atoms with Crippen LogP contribution in [0.5, 0.6) is 0 Å². The van der Waals surface area contributed by atoms with Crippen LogP contribution in [0.4, 0.5) is 0 Å². The van der Waals surface area contributed by atoms with Crippen molar-refractivity contribution >= 4 is 15.7 Å². The number of hydrogen-bond donors (Lipinski definition) is 2. The minimum atomic E-state index is -3.39. The van der Waals surface area contributed by atoms with Gasteiger partial charge in [-0.05, 0) is 26.1 Å². The highest BCUT2D eigenvalue weighted by Gasteiger charge is 2.18. The molecular weight excluding hydrogens is 290 g/mol. The summed E-state index contributed by atoms with van der Waals surface area (Å²) in [6.07, 6.45) is 0. The van der Waals surface area contributed by atoms with Crippen molar-refractivity contribution in [3.8, 4) is 0 Å². The molecule has 0 radical (unpaired) electrons. The summed E-state index contributed by atoms with van der Waals surface area (Å²) in [6.45, 7) is 2.94. The molecule has 0 aromatic heterocycles. The highest BCUT2D eigenvalue weighted by molar-refractivity contribution is 7.91. The van der Waals surface area contributed by atoms with Crippen molar-refractivity contribution in [1.82, 2.24) is 4.90 Å². The summed E-state index contributed by atoms with van der Waals surface area (Å²) in [5, 5.41) is 7.37. The van der Waals surface area contributed by atoms with Crippen molar-refractivity contribution in [2.75, 3.05) is 33.1 Å². The first-order chi connectivity index (χ1) is 9.77. The molecule has 0 aliphatic carbocycles. The number of benzene rings is 1. The van der Waals surface area contributed by atoms with E-state index in [-0.39, 0.29) is 22.5 Å². The van der Waals surface area contributed by atoms with Gasteiger partial charge >= 0.3 is 0 Å². The monoisotopic (exact) mass is 313 g/mol.